The highest BCUT2D eigenvalue weighted by Crippen LogP contribution is 2.68. The van der Waals surface area contributed by atoms with Gasteiger partial charge in [0.25, 0.3) is 0 Å². The third kappa shape index (κ3) is 2.89. The number of ketones is 1. The zero-order valence-electron chi connectivity index (χ0n) is 18.1. The fourth-order valence-electron chi connectivity index (χ4n) is 8.17. The zero-order valence-corrected chi connectivity index (χ0v) is 18.1. The molecular formula is C27H36O2. The van der Waals surface area contributed by atoms with Crippen molar-refractivity contribution in [1.29, 1.82) is 0 Å². The summed E-state index contributed by atoms with van der Waals surface area (Å²) in [5.41, 5.74) is 0.798. The molecule has 1 aromatic carbocycles. The Morgan fingerprint density at radius 1 is 0.966 bits per heavy atom. The van der Waals surface area contributed by atoms with Crippen molar-refractivity contribution in [3.05, 3.63) is 42.0 Å². The Balaban J connectivity index is 1.41. The summed E-state index contributed by atoms with van der Waals surface area (Å²) in [5.74, 6) is 3.18. The van der Waals surface area contributed by atoms with Gasteiger partial charge in [0, 0.05) is 18.3 Å². The smallest absolute Gasteiger partial charge is 0.133 e. The second kappa shape index (κ2) is 6.80. The molecule has 29 heavy (non-hydrogen) atoms. The van der Waals surface area contributed by atoms with Crippen molar-refractivity contribution in [2.45, 2.75) is 77.2 Å². The number of rotatable bonds is 2. The molecule has 0 aromatic heterocycles. The van der Waals surface area contributed by atoms with Crippen molar-refractivity contribution in [3.8, 4) is 0 Å². The molecule has 4 fully saturated rings. The van der Waals surface area contributed by atoms with Gasteiger partial charge in [-0.05, 0) is 79.6 Å². The summed E-state index contributed by atoms with van der Waals surface area (Å²) in [7, 11) is 0. The molecule has 1 aromatic rings. The number of carbonyl (C=O) groups excluding carboxylic acids is 1. The standard InChI is InChI=1S/C27H36O2/c1-25-14-11-21(28)18-20(25)8-9-22-23(25)12-15-26(2)24(22)13-17-27(26,29)16-10-19-6-4-3-5-7-19/h3-7,10,16,20,22-24,29H,8-9,11-15,17-18H2,1-2H3/b16-10+/t20?,22?,23?,24?,25?,26?,27-/m0/s1. The van der Waals surface area contributed by atoms with E-state index in [-0.39, 0.29) is 5.41 Å². The molecule has 0 bridgehead atoms. The van der Waals surface area contributed by atoms with Crippen LogP contribution in [0.5, 0.6) is 0 Å². The van der Waals surface area contributed by atoms with Gasteiger partial charge in [-0.2, -0.15) is 0 Å². The average Bonchev–Trinajstić information content (AvgIpc) is 2.99. The van der Waals surface area contributed by atoms with Crippen LogP contribution in [0.15, 0.2) is 36.4 Å². The van der Waals surface area contributed by atoms with Crippen molar-refractivity contribution in [3.63, 3.8) is 0 Å². The first-order chi connectivity index (χ1) is 13.9. The number of hydrogen-bond donors (Lipinski definition) is 1. The van der Waals surface area contributed by atoms with Crippen LogP contribution in [0.3, 0.4) is 0 Å². The first kappa shape index (κ1) is 19.5. The Labute approximate surface area is 175 Å². The lowest BCUT2D eigenvalue weighted by atomic mass is 9.44. The molecular weight excluding hydrogens is 356 g/mol. The molecule has 6 unspecified atom stereocenters. The van der Waals surface area contributed by atoms with Crippen molar-refractivity contribution < 1.29 is 9.90 Å². The Morgan fingerprint density at radius 3 is 2.52 bits per heavy atom. The molecule has 0 amide bonds. The summed E-state index contributed by atoms with van der Waals surface area (Å²) in [6.07, 6.45) is 13.8. The molecule has 0 heterocycles. The van der Waals surface area contributed by atoms with Gasteiger partial charge in [0.05, 0.1) is 5.60 Å². The molecule has 0 aliphatic heterocycles. The summed E-state index contributed by atoms with van der Waals surface area (Å²) in [4.78, 5) is 12.1. The largest absolute Gasteiger partial charge is 0.385 e. The monoisotopic (exact) mass is 392 g/mol. The fourth-order valence-corrected chi connectivity index (χ4v) is 8.17. The van der Waals surface area contributed by atoms with Crippen LogP contribution >= 0.6 is 0 Å². The van der Waals surface area contributed by atoms with Crippen LogP contribution in [0.1, 0.15) is 77.2 Å². The molecule has 4 saturated carbocycles. The molecule has 1 N–H and O–H groups in total. The molecule has 4 aliphatic carbocycles. The fraction of sp³-hybridized carbons (Fsp3) is 0.667. The number of aliphatic hydroxyl groups is 1. The number of benzene rings is 1. The highest BCUT2D eigenvalue weighted by molar-refractivity contribution is 5.79. The van der Waals surface area contributed by atoms with Gasteiger partial charge < -0.3 is 5.11 Å². The summed E-state index contributed by atoms with van der Waals surface area (Å²) < 4.78 is 0. The Kier molecular flexibility index (Phi) is 4.59. The average molecular weight is 393 g/mol. The van der Waals surface area contributed by atoms with Crippen LogP contribution in [-0.4, -0.2) is 16.5 Å². The van der Waals surface area contributed by atoms with Crippen LogP contribution in [-0.2, 0) is 4.79 Å². The second-order valence-electron chi connectivity index (χ2n) is 11.1. The van der Waals surface area contributed by atoms with Crippen LogP contribution in [0.25, 0.3) is 6.08 Å². The van der Waals surface area contributed by atoms with Crippen LogP contribution in [0, 0.1) is 34.5 Å². The molecule has 5 rings (SSSR count). The van der Waals surface area contributed by atoms with E-state index in [1.165, 1.54) is 24.8 Å². The third-order valence-corrected chi connectivity index (χ3v) is 10.0. The minimum Gasteiger partial charge on any atom is -0.385 e. The highest BCUT2D eigenvalue weighted by Gasteiger charge is 2.63. The van der Waals surface area contributed by atoms with Crippen LogP contribution in [0.2, 0.25) is 0 Å². The van der Waals surface area contributed by atoms with Crippen molar-refractivity contribution in [2.24, 2.45) is 34.5 Å². The molecule has 2 heteroatoms. The van der Waals surface area contributed by atoms with Gasteiger partial charge in [0.15, 0.2) is 0 Å². The Bertz CT molecular complexity index is 813. The van der Waals surface area contributed by atoms with E-state index in [0.29, 0.717) is 23.0 Å². The van der Waals surface area contributed by atoms with Gasteiger partial charge in [-0.3, -0.25) is 4.79 Å². The lowest BCUT2D eigenvalue weighted by Crippen LogP contribution is -2.56. The maximum atomic E-state index is 12.1. The first-order valence-electron chi connectivity index (χ1n) is 11.8. The first-order valence-corrected chi connectivity index (χ1v) is 11.8. The van der Waals surface area contributed by atoms with E-state index in [4.69, 9.17) is 0 Å². The third-order valence-electron chi connectivity index (χ3n) is 10.0. The molecule has 4 aliphatic rings. The van der Waals surface area contributed by atoms with E-state index in [2.05, 4.69) is 50.3 Å². The van der Waals surface area contributed by atoms with Crippen LogP contribution < -0.4 is 0 Å². The quantitative estimate of drug-likeness (QED) is 0.666. The molecule has 0 radical (unpaired) electrons. The zero-order chi connectivity index (χ0) is 20.3. The summed E-state index contributed by atoms with van der Waals surface area (Å²) in [6, 6.07) is 10.4. The van der Waals surface area contributed by atoms with Crippen LogP contribution in [0.4, 0.5) is 0 Å². The van der Waals surface area contributed by atoms with E-state index < -0.39 is 5.60 Å². The molecule has 0 spiro atoms. The maximum absolute atomic E-state index is 12.1. The van der Waals surface area contributed by atoms with Gasteiger partial charge >= 0.3 is 0 Å². The summed E-state index contributed by atoms with van der Waals surface area (Å²) in [5, 5.41) is 11.8. The highest BCUT2D eigenvalue weighted by atomic mass is 16.3. The SMILES string of the molecule is CC12CCC(=O)CC1CCC1C2CCC2(C)C1CC[C@@]2(O)/C=C/c1ccccc1. The number of carbonyl (C=O) groups is 1. The lowest BCUT2D eigenvalue weighted by Gasteiger charge is -2.60. The maximum Gasteiger partial charge on any atom is 0.133 e. The summed E-state index contributed by atoms with van der Waals surface area (Å²) in [6.45, 7) is 4.87. The molecule has 2 nitrogen and oxygen atoms in total. The van der Waals surface area contributed by atoms with Gasteiger partial charge in [-0.15, -0.1) is 0 Å². The predicted octanol–water partition coefficient (Wildman–Crippen LogP) is 6.04. The van der Waals surface area contributed by atoms with Gasteiger partial charge in [-0.1, -0.05) is 56.3 Å². The topological polar surface area (TPSA) is 37.3 Å². The van der Waals surface area contributed by atoms with E-state index in [9.17, 15) is 9.90 Å². The molecule has 0 saturated heterocycles. The minimum atomic E-state index is -0.696. The number of Topliss-reactive ketones (excluding diaryl/α,β-unsaturated/α-hetero) is 1. The van der Waals surface area contributed by atoms with Gasteiger partial charge in [0.1, 0.15) is 5.78 Å². The number of fused-ring (bicyclic) bond motifs is 5. The van der Waals surface area contributed by atoms with Gasteiger partial charge in [0.2, 0.25) is 0 Å². The van der Waals surface area contributed by atoms with Crippen molar-refractivity contribution in [2.75, 3.05) is 0 Å². The van der Waals surface area contributed by atoms with E-state index in [1.807, 2.05) is 6.07 Å². The molecule has 156 valence electrons. The lowest BCUT2D eigenvalue weighted by molar-refractivity contribution is -0.148. The van der Waals surface area contributed by atoms with E-state index >= 15 is 0 Å². The van der Waals surface area contributed by atoms with Crippen molar-refractivity contribution >= 4 is 11.9 Å². The second-order valence-corrected chi connectivity index (χ2v) is 11.1. The van der Waals surface area contributed by atoms with E-state index in [1.54, 1.807) is 0 Å². The van der Waals surface area contributed by atoms with Gasteiger partial charge in [-0.25, -0.2) is 0 Å². The predicted molar refractivity (Wildman–Crippen MR) is 117 cm³/mol. The Morgan fingerprint density at radius 2 is 1.72 bits per heavy atom. The minimum absolute atomic E-state index is 0.0207. The van der Waals surface area contributed by atoms with Crippen molar-refractivity contribution in [1.82, 2.24) is 0 Å². The Hall–Kier alpha value is -1.41. The van der Waals surface area contributed by atoms with E-state index in [0.717, 1.165) is 50.4 Å². The summed E-state index contributed by atoms with van der Waals surface area (Å²) >= 11 is 0. The molecule has 7 atom stereocenters. The number of hydrogen-bond acceptors (Lipinski definition) is 2. The normalized spacial score (nSPS) is 46.9.